The monoisotopic (exact) mass is 333 g/mol. The van der Waals surface area contributed by atoms with Gasteiger partial charge in [-0.05, 0) is 25.1 Å². The Morgan fingerprint density at radius 1 is 1.33 bits per heavy atom. The van der Waals surface area contributed by atoms with E-state index in [0.717, 1.165) is 19.5 Å². The van der Waals surface area contributed by atoms with Gasteiger partial charge < -0.3 is 25.0 Å². The number of nitrogens with zero attached hydrogens (tertiary/aromatic N) is 1. The lowest BCUT2D eigenvalue weighted by atomic mass is 10.1. The van der Waals surface area contributed by atoms with Crippen LogP contribution in [0.25, 0.3) is 0 Å². The Labute approximate surface area is 141 Å². The molecule has 2 saturated heterocycles. The molecule has 2 fully saturated rings. The summed E-state index contributed by atoms with van der Waals surface area (Å²) in [6.45, 7) is 2.08. The first-order chi connectivity index (χ1) is 11.6. The molecule has 130 valence electrons. The van der Waals surface area contributed by atoms with Gasteiger partial charge in [-0.15, -0.1) is 0 Å². The third-order valence-corrected chi connectivity index (χ3v) is 4.58. The first kappa shape index (κ1) is 16.6. The Balaban J connectivity index is 1.71. The number of methoxy groups -OCH3 is 2. The van der Waals surface area contributed by atoms with Gasteiger partial charge >= 0.3 is 0 Å². The van der Waals surface area contributed by atoms with E-state index in [9.17, 15) is 9.59 Å². The van der Waals surface area contributed by atoms with Gasteiger partial charge in [0.25, 0.3) is 0 Å². The average Bonchev–Trinajstić information content (AvgIpc) is 3.23. The zero-order valence-electron chi connectivity index (χ0n) is 14.0. The maximum absolute atomic E-state index is 12.4. The van der Waals surface area contributed by atoms with Crippen molar-refractivity contribution in [3.63, 3.8) is 0 Å². The molecule has 0 aromatic heterocycles. The van der Waals surface area contributed by atoms with Gasteiger partial charge in [-0.25, -0.2) is 0 Å². The number of anilines is 1. The van der Waals surface area contributed by atoms with E-state index in [-0.39, 0.29) is 30.2 Å². The van der Waals surface area contributed by atoms with Crippen molar-refractivity contribution >= 4 is 17.5 Å². The highest BCUT2D eigenvalue weighted by Crippen LogP contribution is 2.35. The minimum atomic E-state index is -0.329. The molecule has 0 saturated carbocycles. The molecule has 2 heterocycles. The molecule has 2 N–H and O–H groups in total. The number of amides is 2. The highest BCUT2D eigenvalue weighted by atomic mass is 16.5. The summed E-state index contributed by atoms with van der Waals surface area (Å²) in [5.41, 5.74) is 0.668. The molecule has 0 radical (unpaired) electrons. The van der Waals surface area contributed by atoms with Gasteiger partial charge in [-0.3, -0.25) is 9.59 Å². The van der Waals surface area contributed by atoms with Crippen LogP contribution in [0.2, 0.25) is 0 Å². The smallest absolute Gasteiger partial charge is 0.227 e. The van der Waals surface area contributed by atoms with Crippen LogP contribution in [0.3, 0.4) is 0 Å². The second kappa shape index (κ2) is 7.09. The van der Waals surface area contributed by atoms with E-state index in [2.05, 4.69) is 10.6 Å². The Bertz CT molecular complexity index is 628. The second-order valence-corrected chi connectivity index (χ2v) is 6.14. The summed E-state index contributed by atoms with van der Waals surface area (Å²) >= 11 is 0. The Morgan fingerprint density at radius 2 is 2.17 bits per heavy atom. The number of nitrogens with one attached hydrogen (secondary N) is 2. The van der Waals surface area contributed by atoms with E-state index in [1.54, 1.807) is 37.3 Å². The molecule has 7 heteroatoms. The topological polar surface area (TPSA) is 79.9 Å². The molecule has 7 nitrogen and oxygen atoms in total. The summed E-state index contributed by atoms with van der Waals surface area (Å²) in [4.78, 5) is 26.4. The van der Waals surface area contributed by atoms with Crippen LogP contribution >= 0.6 is 0 Å². The highest BCUT2D eigenvalue weighted by molar-refractivity contribution is 6.01. The van der Waals surface area contributed by atoms with E-state index >= 15 is 0 Å². The number of carbonyl (C=O) groups is 2. The van der Waals surface area contributed by atoms with Crippen molar-refractivity contribution in [1.29, 1.82) is 0 Å². The summed E-state index contributed by atoms with van der Waals surface area (Å²) in [5, 5.41) is 6.25. The van der Waals surface area contributed by atoms with Crippen molar-refractivity contribution in [1.82, 2.24) is 10.6 Å². The fraction of sp³-hybridized carbons (Fsp3) is 0.529. The lowest BCUT2D eigenvalue weighted by Crippen LogP contribution is -2.40. The molecule has 2 aliphatic heterocycles. The van der Waals surface area contributed by atoms with Crippen molar-refractivity contribution < 1.29 is 19.1 Å². The molecule has 0 bridgehead atoms. The van der Waals surface area contributed by atoms with Gasteiger partial charge in [-0.2, -0.15) is 0 Å². The molecule has 3 rings (SSSR count). The van der Waals surface area contributed by atoms with Gasteiger partial charge in [0, 0.05) is 31.6 Å². The van der Waals surface area contributed by atoms with Crippen LogP contribution in [-0.4, -0.2) is 51.7 Å². The minimum absolute atomic E-state index is 0.0490. The summed E-state index contributed by atoms with van der Waals surface area (Å²) < 4.78 is 10.6. The Kier molecular flexibility index (Phi) is 4.89. The molecule has 0 aliphatic carbocycles. The van der Waals surface area contributed by atoms with Crippen molar-refractivity contribution in [3.05, 3.63) is 18.2 Å². The molecule has 2 amide bonds. The standard InChI is InChI=1S/C17H23N3O4/c1-23-13-3-4-14(15(8-13)24-2)20-10-11(7-16(20)21)17(22)19-12-5-6-18-9-12/h3-4,8,11-12,18H,5-7,9-10H2,1-2H3,(H,19,22). The van der Waals surface area contributed by atoms with Gasteiger partial charge in [0.1, 0.15) is 11.5 Å². The normalized spacial score (nSPS) is 23.4. The predicted octanol–water partition coefficient (Wildman–Crippen LogP) is 0.535. The Morgan fingerprint density at radius 3 is 2.83 bits per heavy atom. The van der Waals surface area contributed by atoms with Crippen molar-refractivity contribution in [2.24, 2.45) is 5.92 Å². The van der Waals surface area contributed by atoms with E-state index < -0.39 is 0 Å². The molecular weight excluding hydrogens is 310 g/mol. The number of benzene rings is 1. The van der Waals surface area contributed by atoms with Gasteiger partial charge in [0.05, 0.1) is 25.8 Å². The fourth-order valence-corrected chi connectivity index (χ4v) is 3.22. The van der Waals surface area contributed by atoms with Crippen LogP contribution < -0.4 is 25.0 Å². The molecule has 1 aromatic carbocycles. The third-order valence-electron chi connectivity index (χ3n) is 4.58. The number of hydrogen-bond acceptors (Lipinski definition) is 5. The van der Waals surface area contributed by atoms with Crippen LogP contribution in [0.4, 0.5) is 5.69 Å². The third kappa shape index (κ3) is 3.31. The summed E-state index contributed by atoms with van der Waals surface area (Å²) in [6, 6.07) is 5.47. The summed E-state index contributed by atoms with van der Waals surface area (Å²) in [5.74, 6) is 0.772. The van der Waals surface area contributed by atoms with Crippen LogP contribution in [0.5, 0.6) is 11.5 Å². The first-order valence-corrected chi connectivity index (χ1v) is 8.16. The molecule has 2 unspecified atom stereocenters. The first-order valence-electron chi connectivity index (χ1n) is 8.16. The summed E-state index contributed by atoms with van der Waals surface area (Å²) in [6.07, 6.45) is 1.16. The van der Waals surface area contributed by atoms with Gasteiger partial charge in [0.2, 0.25) is 11.8 Å². The molecule has 24 heavy (non-hydrogen) atoms. The lowest BCUT2D eigenvalue weighted by molar-refractivity contribution is -0.126. The average molecular weight is 333 g/mol. The van der Waals surface area contributed by atoms with E-state index in [0.29, 0.717) is 23.7 Å². The fourth-order valence-electron chi connectivity index (χ4n) is 3.22. The van der Waals surface area contributed by atoms with Crippen LogP contribution in [0, 0.1) is 5.92 Å². The quantitative estimate of drug-likeness (QED) is 0.822. The van der Waals surface area contributed by atoms with Crippen molar-refractivity contribution in [2.45, 2.75) is 18.9 Å². The van der Waals surface area contributed by atoms with Crippen LogP contribution in [-0.2, 0) is 9.59 Å². The molecule has 2 atom stereocenters. The van der Waals surface area contributed by atoms with E-state index in [1.807, 2.05) is 0 Å². The SMILES string of the molecule is COc1ccc(N2CC(C(=O)NC3CCNC3)CC2=O)c(OC)c1. The predicted molar refractivity (Wildman–Crippen MR) is 89.4 cm³/mol. The maximum Gasteiger partial charge on any atom is 0.227 e. The second-order valence-electron chi connectivity index (χ2n) is 6.14. The van der Waals surface area contributed by atoms with E-state index in [1.165, 1.54) is 0 Å². The van der Waals surface area contributed by atoms with Crippen molar-refractivity contribution in [3.8, 4) is 11.5 Å². The molecule has 0 spiro atoms. The molecule has 2 aliphatic rings. The zero-order valence-corrected chi connectivity index (χ0v) is 14.0. The number of hydrogen-bond donors (Lipinski definition) is 2. The Hall–Kier alpha value is -2.28. The van der Waals surface area contributed by atoms with Gasteiger partial charge in [-0.1, -0.05) is 0 Å². The lowest BCUT2D eigenvalue weighted by Gasteiger charge is -2.20. The number of rotatable bonds is 5. The zero-order chi connectivity index (χ0) is 17.1. The van der Waals surface area contributed by atoms with Crippen molar-refractivity contribution in [2.75, 3.05) is 38.8 Å². The molecule has 1 aromatic rings. The number of ether oxygens (including phenoxy) is 2. The number of carbonyl (C=O) groups excluding carboxylic acids is 2. The maximum atomic E-state index is 12.4. The van der Waals surface area contributed by atoms with Crippen LogP contribution in [0.1, 0.15) is 12.8 Å². The van der Waals surface area contributed by atoms with Gasteiger partial charge in [0.15, 0.2) is 0 Å². The highest BCUT2D eigenvalue weighted by Gasteiger charge is 2.37. The van der Waals surface area contributed by atoms with E-state index in [4.69, 9.17) is 9.47 Å². The minimum Gasteiger partial charge on any atom is -0.497 e. The van der Waals surface area contributed by atoms with Crippen LogP contribution in [0.15, 0.2) is 18.2 Å². The molecular formula is C17H23N3O4. The largest absolute Gasteiger partial charge is 0.497 e. The summed E-state index contributed by atoms with van der Waals surface area (Å²) in [7, 11) is 3.13.